The van der Waals surface area contributed by atoms with E-state index in [1.54, 1.807) is 28.1 Å². The molecule has 0 radical (unpaired) electrons. The van der Waals surface area contributed by atoms with Crippen LogP contribution in [0.25, 0.3) is 11.4 Å². The summed E-state index contributed by atoms with van der Waals surface area (Å²) in [6, 6.07) is 5.46. The first kappa shape index (κ1) is 17.6. The summed E-state index contributed by atoms with van der Waals surface area (Å²) in [7, 11) is 0. The second-order valence-corrected chi connectivity index (χ2v) is 6.39. The second kappa shape index (κ2) is 6.72. The smallest absolute Gasteiger partial charge is 0.288 e. The molecule has 0 saturated carbocycles. The molecule has 0 saturated heterocycles. The number of imidazole rings is 1. The van der Waals surface area contributed by atoms with Crippen LogP contribution in [0, 0.1) is 20.8 Å². The number of carbonyl (C=O) groups excluding carboxylic acids is 2. The molecule has 0 atom stereocenters. The first-order valence-electron chi connectivity index (χ1n) is 8.64. The Morgan fingerprint density at radius 3 is 2.71 bits per heavy atom. The SMILES string of the molecule is Cc1nc2ncnn2c(C)c1CC(=O)NNC(=O)c1c(C)nc2ccccn12. The van der Waals surface area contributed by atoms with Gasteiger partial charge in [-0.05, 0) is 32.9 Å². The van der Waals surface area contributed by atoms with Crippen molar-refractivity contribution in [2.45, 2.75) is 27.2 Å². The summed E-state index contributed by atoms with van der Waals surface area (Å²) in [5.74, 6) is -0.328. The molecule has 0 fully saturated rings. The zero-order chi connectivity index (χ0) is 19.8. The molecule has 28 heavy (non-hydrogen) atoms. The van der Waals surface area contributed by atoms with Crippen molar-refractivity contribution in [3.05, 3.63) is 59.1 Å². The Hall–Kier alpha value is -3.82. The molecule has 0 spiro atoms. The lowest BCUT2D eigenvalue weighted by Crippen LogP contribution is -2.43. The van der Waals surface area contributed by atoms with Gasteiger partial charge in [0.15, 0.2) is 0 Å². The lowest BCUT2D eigenvalue weighted by atomic mass is 10.1. The number of hydrogen-bond acceptors (Lipinski definition) is 6. The zero-order valence-electron chi connectivity index (χ0n) is 15.6. The number of amides is 2. The number of fused-ring (bicyclic) bond motifs is 2. The van der Waals surface area contributed by atoms with Crippen molar-refractivity contribution >= 4 is 23.2 Å². The van der Waals surface area contributed by atoms with Crippen LogP contribution in [0.4, 0.5) is 0 Å². The number of aryl methyl sites for hydroxylation is 3. The maximum atomic E-state index is 12.6. The highest BCUT2D eigenvalue weighted by Gasteiger charge is 2.18. The molecule has 2 amide bonds. The minimum atomic E-state index is -0.442. The summed E-state index contributed by atoms with van der Waals surface area (Å²) in [6.45, 7) is 5.40. The second-order valence-electron chi connectivity index (χ2n) is 6.39. The van der Waals surface area contributed by atoms with Gasteiger partial charge in [-0.2, -0.15) is 10.1 Å². The van der Waals surface area contributed by atoms with Crippen molar-refractivity contribution in [2.75, 3.05) is 0 Å². The number of hydrogen-bond donors (Lipinski definition) is 2. The van der Waals surface area contributed by atoms with Crippen LogP contribution >= 0.6 is 0 Å². The van der Waals surface area contributed by atoms with Crippen LogP contribution in [0.3, 0.4) is 0 Å². The van der Waals surface area contributed by atoms with Crippen LogP contribution in [0.15, 0.2) is 30.7 Å². The molecule has 2 N–H and O–H groups in total. The van der Waals surface area contributed by atoms with Crippen LogP contribution in [-0.2, 0) is 11.2 Å². The lowest BCUT2D eigenvalue weighted by Gasteiger charge is -2.11. The third-order valence-electron chi connectivity index (χ3n) is 4.56. The zero-order valence-corrected chi connectivity index (χ0v) is 15.6. The van der Waals surface area contributed by atoms with Gasteiger partial charge in [0.25, 0.3) is 11.7 Å². The van der Waals surface area contributed by atoms with E-state index >= 15 is 0 Å². The van der Waals surface area contributed by atoms with Crippen molar-refractivity contribution in [1.29, 1.82) is 0 Å². The molecule has 4 aromatic heterocycles. The van der Waals surface area contributed by atoms with Crippen molar-refractivity contribution < 1.29 is 9.59 Å². The Labute approximate surface area is 159 Å². The third-order valence-corrected chi connectivity index (χ3v) is 4.56. The van der Waals surface area contributed by atoms with Crippen LogP contribution < -0.4 is 10.9 Å². The Morgan fingerprint density at radius 2 is 1.89 bits per heavy atom. The van der Waals surface area contributed by atoms with Crippen molar-refractivity contribution in [3.8, 4) is 0 Å². The average Bonchev–Trinajstić information content (AvgIpc) is 3.26. The van der Waals surface area contributed by atoms with Gasteiger partial charge in [0.2, 0.25) is 5.91 Å². The highest BCUT2D eigenvalue weighted by molar-refractivity contribution is 5.96. The van der Waals surface area contributed by atoms with Crippen molar-refractivity contribution in [3.63, 3.8) is 0 Å². The van der Waals surface area contributed by atoms with E-state index in [0.717, 1.165) is 11.3 Å². The Balaban J connectivity index is 1.49. The minimum Gasteiger partial charge on any atom is -0.295 e. The van der Waals surface area contributed by atoms with E-state index in [2.05, 4.69) is 30.9 Å². The van der Waals surface area contributed by atoms with Gasteiger partial charge in [0.1, 0.15) is 17.7 Å². The minimum absolute atomic E-state index is 0.0485. The van der Waals surface area contributed by atoms with Crippen LogP contribution in [0.1, 0.15) is 33.1 Å². The normalized spacial score (nSPS) is 11.1. The molecule has 0 aliphatic rings. The molecule has 0 aliphatic carbocycles. The maximum absolute atomic E-state index is 12.6. The van der Waals surface area contributed by atoms with E-state index in [9.17, 15) is 9.59 Å². The van der Waals surface area contributed by atoms with E-state index in [-0.39, 0.29) is 12.3 Å². The summed E-state index contributed by atoms with van der Waals surface area (Å²) in [6.07, 6.45) is 3.21. The largest absolute Gasteiger partial charge is 0.295 e. The number of nitrogens with zero attached hydrogens (tertiary/aromatic N) is 6. The van der Waals surface area contributed by atoms with Crippen molar-refractivity contribution in [2.24, 2.45) is 0 Å². The molecule has 4 aromatic rings. The highest BCUT2D eigenvalue weighted by atomic mass is 16.2. The molecule has 0 aromatic carbocycles. The predicted octanol–water partition coefficient (Wildman–Crippen LogP) is 0.701. The van der Waals surface area contributed by atoms with Gasteiger partial charge in [0, 0.05) is 23.1 Å². The Morgan fingerprint density at radius 1 is 1.07 bits per heavy atom. The summed E-state index contributed by atoms with van der Waals surface area (Å²) in [5.41, 5.74) is 8.72. The molecule has 142 valence electrons. The van der Waals surface area contributed by atoms with Gasteiger partial charge in [-0.3, -0.25) is 24.8 Å². The van der Waals surface area contributed by atoms with Gasteiger partial charge >= 0.3 is 0 Å². The first-order valence-corrected chi connectivity index (χ1v) is 8.64. The van der Waals surface area contributed by atoms with Crippen LogP contribution in [0.5, 0.6) is 0 Å². The lowest BCUT2D eigenvalue weighted by molar-refractivity contribution is -0.121. The molecule has 4 rings (SSSR count). The maximum Gasteiger partial charge on any atom is 0.288 e. The van der Waals surface area contributed by atoms with Gasteiger partial charge in [0.05, 0.1) is 12.1 Å². The Bertz CT molecular complexity index is 1220. The molecule has 4 heterocycles. The van der Waals surface area contributed by atoms with E-state index in [1.807, 2.05) is 26.0 Å². The molecule has 10 nitrogen and oxygen atoms in total. The van der Waals surface area contributed by atoms with Crippen molar-refractivity contribution in [1.82, 2.24) is 39.8 Å². The Kier molecular flexibility index (Phi) is 4.22. The number of hydrazine groups is 1. The van der Waals surface area contributed by atoms with Gasteiger partial charge in [-0.25, -0.2) is 14.5 Å². The average molecular weight is 378 g/mol. The van der Waals surface area contributed by atoms with Gasteiger partial charge in [-0.1, -0.05) is 6.07 Å². The fourth-order valence-electron chi connectivity index (χ4n) is 3.19. The van der Waals surface area contributed by atoms with E-state index in [4.69, 9.17) is 0 Å². The van der Waals surface area contributed by atoms with Gasteiger partial charge in [-0.15, -0.1) is 0 Å². The quantitative estimate of drug-likeness (QED) is 0.507. The number of pyridine rings is 1. The van der Waals surface area contributed by atoms with Gasteiger partial charge < -0.3 is 0 Å². The highest BCUT2D eigenvalue weighted by Crippen LogP contribution is 2.14. The summed E-state index contributed by atoms with van der Waals surface area (Å²) in [4.78, 5) is 37.7. The van der Waals surface area contributed by atoms with E-state index in [0.29, 0.717) is 28.5 Å². The van der Waals surface area contributed by atoms with Crippen LogP contribution in [-0.4, -0.2) is 40.8 Å². The monoisotopic (exact) mass is 378 g/mol. The van der Waals surface area contributed by atoms with Crippen LogP contribution in [0.2, 0.25) is 0 Å². The predicted molar refractivity (Wildman–Crippen MR) is 99.5 cm³/mol. The number of nitrogens with one attached hydrogen (secondary N) is 2. The fraction of sp³-hybridized carbons (Fsp3) is 0.222. The molecular formula is C18H18N8O2. The topological polar surface area (TPSA) is 119 Å². The molecule has 0 aliphatic heterocycles. The molecular weight excluding hydrogens is 360 g/mol. The number of rotatable bonds is 3. The van der Waals surface area contributed by atoms with E-state index < -0.39 is 5.91 Å². The summed E-state index contributed by atoms with van der Waals surface area (Å²) >= 11 is 0. The first-order chi connectivity index (χ1) is 13.5. The number of carbonyl (C=O) groups is 2. The standard InChI is InChI=1S/C18H18N8O2/c1-10-13(12(3)26-18(22-10)19-9-20-26)8-15(27)23-24-17(28)16-11(2)21-14-6-4-5-7-25(14)16/h4-7,9H,8H2,1-3H3,(H,23,27)(H,24,28). The number of aromatic nitrogens is 6. The molecule has 0 bridgehead atoms. The molecule has 10 heteroatoms. The fourth-order valence-corrected chi connectivity index (χ4v) is 3.19. The third kappa shape index (κ3) is 2.94. The summed E-state index contributed by atoms with van der Waals surface area (Å²) in [5, 5.41) is 4.11. The molecule has 0 unspecified atom stereocenters. The van der Waals surface area contributed by atoms with E-state index in [1.165, 1.54) is 6.33 Å². The summed E-state index contributed by atoms with van der Waals surface area (Å²) < 4.78 is 3.25.